The van der Waals surface area contributed by atoms with Gasteiger partial charge < -0.3 is 4.74 Å². The molecule has 0 aliphatic heterocycles. The minimum Gasteiger partial charge on any atom is -0.496 e. The highest BCUT2D eigenvalue weighted by atomic mass is 79.9. The van der Waals surface area contributed by atoms with Gasteiger partial charge in [-0.1, -0.05) is 76.2 Å². The zero-order chi connectivity index (χ0) is 23.0. The van der Waals surface area contributed by atoms with E-state index in [2.05, 4.69) is 36.7 Å². The number of hydrogen-bond acceptors (Lipinski definition) is 6. The molecule has 4 rings (SSSR count). The Labute approximate surface area is 204 Å². The Kier molecular flexibility index (Phi) is 7.54. The number of aromatic nitrogens is 3. The minimum atomic E-state index is -0.255. The Balaban J connectivity index is 1.48. The van der Waals surface area contributed by atoms with Crippen LogP contribution in [0.1, 0.15) is 5.56 Å². The normalized spacial score (nSPS) is 11.0. The monoisotopic (exact) mass is 521 g/mol. The van der Waals surface area contributed by atoms with Crippen LogP contribution in [-0.4, -0.2) is 39.7 Å². The molecule has 9 heteroatoms. The molecule has 4 aromatic rings. The third kappa shape index (κ3) is 5.68. The van der Waals surface area contributed by atoms with Crippen molar-refractivity contribution >= 4 is 39.8 Å². The maximum atomic E-state index is 12.4. The predicted molar refractivity (Wildman–Crippen MR) is 134 cm³/mol. The van der Waals surface area contributed by atoms with Gasteiger partial charge in [0.1, 0.15) is 5.75 Å². The fourth-order valence-corrected chi connectivity index (χ4v) is 4.21. The number of hydrogen-bond donors (Lipinski definition) is 1. The molecule has 0 aliphatic carbocycles. The topological polar surface area (TPSA) is 81.4 Å². The number of methoxy groups -OCH3 is 1. The lowest BCUT2D eigenvalue weighted by Crippen LogP contribution is -2.20. The minimum absolute atomic E-state index is 0.132. The molecule has 1 heterocycles. The van der Waals surface area contributed by atoms with E-state index >= 15 is 0 Å². The van der Waals surface area contributed by atoms with Crippen molar-refractivity contribution in [1.82, 2.24) is 20.2 Å². The van der Waals surface area contributed by atoms with E-state index < -0.39 is 0 Å². The van der Waals surface area contributed by atoms with Crippen molar-refractivity contribution in [3.8, 4) is 22.8 Å². The van der Waals surface area contributed by atoms with Gasteiger partial charge in [0.05, 0.1) is 19.1 Å². The highest BCUT2D eigenvalue weighted by molar-refractivity contribution is 9.10. The van der Waals surface area contributed by atoms with Crippen LogP contribution in [0.25, 0.3) is 17.1 Å². The fourth-order valence-electron chi connectivity index (χ4n) is 3.09. The van der Waals surface area contributed by atoms with Crippen molar-refractivity contribution in [2.45, 2.75) is 5.16 Å². The summed E-state index contributed by atoms with van der Waals surface area (Å²) in [5, 5.41) is 13.4. The van der Waals surface area contributed by atoms with Crippen LogP contribution in [0.15, 0.2) is 93.6 Å². The first-order chi connectivity index (χ1) is 16.2. The lowest BCUT2D eigenvalue weighted by Gasteiger charge is -2.10. The molecule has 7 nitrogen and oxygen atoms in total. The number of halogens is 1. The van der Waals surface area contributed by atoms with Crippen LogP contribution in [0.3, 0.4) is 0 Å². The number of ether oxygens (including phenoxy) is 1. The molecule has 0 atom stereocenters. The number of thioether (sulfide) groups is 1. The average molecular weight is 522 g/mol. The van der Waals surface area contributed by atoms with Gasteiger partial charge >= 0.3 is 0 Å². The summed E-state index contributed by atoms with van der Waals surface area (Å²) in [7, 11) is 1.59. The Hall–Kier alpha value is -3.43. The molecule has 0 radical (unpaired) electrons. The van der Waals surface area contributed by atoms with Crippen molar-refractivity contribution in [3.63, 3.8) is 0 Å². The van der Waals surface area contributed by atoms with Crippen molar-refractivity contribution in [2.75, 3.05) is 12.9 Å². The molecule has 0 saturated heterocycles. The molecule has 166 valence electrons. The van der Waals surface area contributed by atoms with Crippen LogP contribution < -0.4 is 10.2 Å². The van der Waals surface area contributed by atoms with Gasteiger partial charge in [0.2, 0.25) is 0 Å². The summed E-state index contributed by atoms with van der Waals surface area (Å²) in [6.07, 6.45) is 1.55. The van der Waals surface area contributed by atoms with Crippen LogP contribution >= 0.6 is 27.7 Å². The molecule has 0 saturated carbocycles. The van der Waals surface area contributed by atoms with Gasteiger partial charge in [0.25, 0.3) is 5.91 Å². The smallest absolute Gasteiger partial charge is 0.250 e. The average Bonchev–Trinajstić information content (AvgIpc) is 3.28. The van der Waals surface area contributed by atoms with Crippen molar-refractivity contribution in [2.24, 2.45) is 5.10 Å². The Morgan fingerprint density at radius 3 is 2.55 bits per heavy atom. The number of nitrogens with one attached hydrogen (secondary N) is 1. The van der Waals surface area contributed by atoms with E-state index in [-0.39, 0.29) is 11.7 Å². The van der Waals surface area contributed by atoms with Gasteiger partial charge in [0, 0.05) is 21.3 Å². The first kappa shape index (κ1) is 22.8. The summed E-state index contributed by atoms with van der Waals surface area (Å²) in [6.45, 7) is 0. The number of benzene rings is 3. The maximum absolute atomic E-state index is 12.4. The van der Waals surface area contributed by atoms with E-state index in [1.165, 1.54) is 11.8 Å². The Morgan fingerprint density at radius 2 is 1.82 bits per heavy atom. The molecule has 1 amide bonds. The van der Waals surface area contributed by atoms with E-state index in [1.54, 1.807) is 13.3 Å². The van der Waals surface area contributed by atoms with Gasteiger partial charge in [-0.25, -0.2) is 5.43 Å². The second kappa shape index (κ2) is 10.9. The van der Waals surface area contributed by atoms with Gasteiger partial charge in [-0.15, -0.1) is 10.2 Å². The quantitative estimate of drug-likeness (QED) is 0.201. The summed E-state index contributed by atoms with van der Waals surface area (Å²) in [4.78, 5) is 12.4. The zero-order valence-electron chi connectivity index (χ0n) is 17.7. The van der Waals surface area contributed by atoms with Gasteiger partial charge in [-0.3, -0.25) is 9.36 Å². The number of amides is 1. The van der Waals surface area contributed by atoms with E-state index in [9.17, 15) is 4.79 Å². The van der Waals surface area contributed by atoms with Crippen LogP contribution in [0.4, 0.5) is 0 Å². The standard InChI is InChI=1S/C24H20BrN5O2S/c1-32-21-13-12-19(25)14-18(21)15-26-27-22(31)16-33-24-29-28-23(17-8-4-2-5-9-17)30(24)20-10-6-3-7-11-20/h2-15H,16H2,1H3,(H,27,31)/b26-15+. The number of nitrogens with zero attached hydrogens (tertiary/aromatic N) is 4. The highest BCUT2D eigenvalue weighted by Gasteiger charge is 2.17. The number of para-hydroxylation sites is 1. The Bertz CT molecular complexity index is 1260. The van der Waals surface area contributed by atoms with E-state index in [0.717, 1.165) is 21.3 Å². The largest absolute Gasteiger partial charge is 0.496 e. The number of carbonyl (C=O) groups is 1. The summed E-state index contributed by atoms with van der Waals surface area (Å²) in [5.41, 5.74) is 5.16. The molecular weight excluding hydrogens is 502 g/mol. The number of rotatable bonds is 8. The molecule has 0 bridgehead atoms. The summed E-state index contributed by atoms with van der Waals surface area (Å²) in [5.74, 6) is 1.25. The molecule has 0 fully saturated rings. The molecular formula is C24H20BrN5O2S. The van der Waals surface area contributed by atoms with E-state index in [0.29, 0.717) is 16.7 Å². The third-order valence-corrected chi connectivity index (χ3v) is 6.02. The van der Waals surface area contributed by atoms with Gasteiger partial charge in [-0.05, 0) is 30.3 Å². The lowest BCUT2D eigenvalue weighted by atomic mass is 10.2. The van der Waals surface area contributed by atoms with Gasteiger partial charge in [0.15, 0.2) is 11.0 Å². The Morgan fingerprint density at radius 1 is 1.09 bits per heavy atom. The van der Waals surface area contributed by atoms with Crippen molar-refractivity contribution in [3.05, 3.63) is 88.9 Å². The summed E-state index contributed by atoms with van der Waals surface area (Å²) >= 11 is 4.71. The second-order valence-corrected chi connectivity index (χ2v) is 8.67. The molecule has 0 aliphatic rings. The number of carbonyl (C=O) groups excluding carboxylic acids is 1. The summed E-state index contributed by atoms with van der Waals surface area (Å²) < 4.78 is 8.15. The molecule has 33 heavy (non-hydrogen) atoms. The molecule has 1 aromatic heterocycles. The first-order valence-corrected chi connectivity index (χ1v) is 11.8. The summed E-state index contributed by atoms with van der Waals surface area (Å²) in [6, 6.07) is 25.2. The van der Waals surface area contributed by atoms with Crippen LogP contribution in [0.5, 0.6) is 5.75 Å². The SMILES string of the molecule is COc1ccc(Br)cc1/C=N/NC(=O)CSc1nnc(-c2ccccc2)n1-c1ccccc1. The second-order valence-electron chi connectivity index (χ2n) is 6.81. The maximum Gasteiger partial charge on any atom is 0.250 e. The lowest BCUT2D eigenvalue weighted by molar-refractivity contribution is -0.118. The molecule has 1 N–H and O–H groups in total. The van der Waals surface area contributed by atoms with Crippen LogP contribution in [0.2, 0.25) is 0 Å². The third-order valence-electron chi connectivity index (χ3n) is 4.60. The van der Waals surface area contributed by atoms with E-state index in [4.69, 9.17) is 4.74 Å². The van der Waals surface area contributed by atoms with Gasteiger partial charge in [-0.2, -0.15) is 5.10 Å². The fraction of sp³-hybridized carbons (Fsp3) is 0.0833. The zero-order valence-corrected chi connectivity index (χ0v) is 20.1. The van der Waals surface area contributed by atoms with Crippen LogP contribution in [0, 0.1) is 0 Å². The van der Waals surface area contributed by atoms with Crippen molar-refractivity contribution in [1.29, 1.82) is 0 Å². The van der Waals surface area contributed by atoms with E-state index in [1.807, 2.05) is 83.4 Å². The molecule has 0 unspecified atom stereocenters. The highest BCUT2D eigenvalue weighted by Crippen LogP contribution is 2.27. The predicted octanol–water partition coefficient (Wildman–Crippen LogP) is 4.95. The molecule has 3 aromatic carbocycles. The number of hydrazone groups is 1. The molecule has 0 spiro atoms. The first-order valence-electron chi connectivity index (χ1n) is 10.00. The van der Waals surface area contributed by atoms with Crippen LogP contribution in [-0.2, 0) is 4.79 Å². The van der Waals surface area contributed by atoms with Crippen molar-refractivity contribution < 1.29 is 9.53 Å².